The first-order valence-corrected chi connectivity index (χ1v) is 10.8. The number of ether oxygens (including phenoxy) is 1. The maximum Gasteiger partial charge on any atom is 0.387 e. The molecule has 6 nitrogen and oxygen atoms in total. The van der Waals surface area contributed by atoms with E-state index in [9.17, 15) is 13.6 Å². The summed E-state index contributed by atoms with van der Waals surface area (Å²) in [5.41, 5.74) is 2.81. The number of nitrogens with zero attached hydrogens (tertiary/aromatic N) is 2. The van der Waals surface area contributed by atoms with Gasteiger partial charge >= 0.3 is 6.61 Å². The summed E-state index contributed by atoms with van der Waals surface area (Å²) >= 11 is 0. The number of aromatic amines is 1. The second-order valence-electron chi connectivity index (χ2n) is 8.37. The Balaban J connectivity index is 1.35. The summed E-state index contributed by atoms with van der Waals surface area (Å²) in [6.07, 6.45) is 8.17. The van der Waals surface area contributed by atoms with Crippen molar-refractivity contribution in [1.82, 2.24) is 19.9 Å². The van der Waals surface area contributed by atoms with Gasteiger partial charge in [-0.05, 0) is 54.5 Å². The number of rotatable bonds is 8. The van der Waals surface area contributed by atoms with Gasteiger partial charge in [0.1, 0.15) is 0 Å². The molecule has 3 heterocycles. The highest BCUT2D eigenvalue weighted by atomic mass is 19.3. The van der Waals surface area contributed by atoms with E-state index in [2.05, 4.69) is 26.1 Å². The Morgan fingerprint density at radius 3 is 2.84 bits per heavy atom. The van der Waals surface area contributed by atoms with Crippen molar-refractivity contribution in [2.75, 3.05) is 6.54 Å². The number of halogens is 2. The summed E-state index contributed by atoms with van der Waals surface area (Å²) in [7, 11) is 0. The Labute approximate surface area is 183 Å². The molecule has 1 saturated carbocycles. The average Bonchev–Trinajstić information content (AvgIpc) is 3.14. The summed E-state index contributed by atoms with van der Waals surface area (Å²) in [6, 6.07) is 9.82. The van der Waals surface area contributed by atoms with E-state index in [1.54, 1.807) is 16.8 Å². The highest BCUT2D eigenvalue weighted by Gasteiger charge is 2.16. The average molecular weight is 438 g/mol. The fraction of sp³-hybridized carbons (Fsp3) is 0.333. The maximum absolute atomic E-state index is 12.9. The van der Waals surface area contributed by atoms with Crippen LogP contribution in [-0.2, 0) is 13.1 Å². The van der Waals surface area contributed by atoms with Crippen molar-refractivity contribution in [3.8, 4) is 5.75 Å². The summed E-state index contributed by atoms with van der Waals surface area (Å²) in [5.74, 6) is 0.715. The van der Waals surface area contributed by atoms with E-state index in [1.807, 2.05) is 18.2 Å². The van der Waals surface area contributed by atoms with Crippen molar-refractivity contribution in [2.24, 2.45) is 5.92 Å². The van der Waals surface area contributed by atoms with E-state index in [4.69, 9.17) is 0 Å². The maximum atomic E-state index is 12.9. The molecule has 32 heavy (non-hydrogen) atoms. The van der Waals surface area contributed by atoms with E-state index >= 15 is 0 Å². The van der Waals surface area contributed by atoms with Gasteiger partial charge in [0.05, 0.1) is 18.1 Å². The second-order valence-corrected chi connectivity index (χ2v) is 8.37. The van der Waals surface area contributed by atoms with Gasteiger partial charge in [-0.3, -0.25) is 9.78 Å². The SMILES string of the molecule is O=c1c2cncc(OC(F)F)c2ccn1Cc1ccc2cc(CNCC3CCC3)[nH]c2c1. The van der Waals surface area contributed by atoms with Crippen LogP contribution in [0.1, 0.15) is 30.5 Å². The first kappa shape index (κ1) is 20.6. The molecular formula is C24H24F2N4O2. The zero-order valence-corrected chi connectivity index (χ0v) is 17.5. The summed E-state index contributed by atoms with van der Waals surface area (Å²) in [6.45, 7) is -0.750. The third-order valence-corrected chi connectivity index (χ3v) is 6.15. The van der Waals surface area contributed by atoms with Gasteiger partial charge in [-0.2, -0.15) is 8.78 Å². The third-order valence-electron chi connectivity index (χ3n) is 6.15. The monoisotopic (exact) mass is 438 g/mol. The van der Waals surface area contributed by atoms with Gasteiger partial charge in [-0.1, -0.05) is 18.6 Å². The topological polar surface area (TPSA) is 71.9 Å². The van der Waals surface area contributed by atoms with Gasteiger partial charge in [0.2, 0.25) is 0 Å². The first-order chi connectivity index (χ1) is 15.6. The van der Waals surface area contributed by atoms with E-state index in [1.165, 1.54) is 31.7 Å². The molecule has 0 unspecified atom stereocenters. The number of aromatic nitrogens is 3. The Bertz CT molecular complexity index is 1310. The van der Waals surface area contributed by atoms with Crippen LogP contribution in [0.4, 0.5) is 8.78 Å². The Hall–Kier alpha value is -3.26. The number of H-pyrrole nitrogens is 1. The summed E-state index contributed by atoms with van der Waals surface area (Å²) < 4.78 is 31.3. The van der Waals surface area contributed by atoms with Gasteiger partial charge in [0, 0.05) is 35.5 Å². The standard InChI is InChI=1S/C24H24F2N4O2/c25-24(26)32-22-13-28-12-20-19(22)6-7-30(23(20)31)14-16-4-5-17-9-18(29-21(17)8-16)11-27-10-15-2-1-3-15/h4-9,12-13,15,24,27,29H,1-3,10-11,14H2. The van der Waals surface area contributed by atoms with E-state index in [0.717, 1.165) is 41.2 Å². The molecular weight excluding hydrogens is 414 g/mol. The van der Waals surface area contributed by atoms with Crippen molar-refractivity contribution in [3.63, 3.8) is 0 Å². The number of pyridine rings is 2. The molecule has 0 spiro atoms. The minimum Gasteiger partial charge on any atom is -0.433 e. The highest BCUT2D eigenvalue weighted by molar-refractivity contribution is 5.86. The molecule has 2 N–H and O–H groups in total. The smallest absolute Gasteiger partial charge is 0.387 e. The number of hydrogen-bond donors (Lipinski definition) is 2. The number of benzene rings is 1. The fourth-order valence-corrected chi connectivity index (χ4v) is 4.23. The van der Waals surface area contributed by atoms with Gasteiger partial charge in [-0.25, -0.2) is 0 Å². The minimum atomic E-state index is -2.98. The molecule has 1 aliphatic carbocycles. The number of nitrogens with one attached hydrogen (secondary N) is 2. The fourth-order valence-electron chi connectivity index (χ4n) is 4.23. The van der Waals surface area contributed by atoms with Crippen LogP contribution in [0.3, 0.4) is 0 Å². The molecule has 0 amide bonds. The van der Waals surface area contributed by atoms with Crippen LogP contribution in [0.25, 0.3) is 21.7 Å². The van der Waals surface area contributed by atoms with Crippen molar-refractivity contribution < 1.29 is 13.5 Å². The molecule has 0 saturated heterocycles. The largest absolute Gasteiger partial charge is 0.433 e. The number of fused-ring (bicyclic) bond motifs is 2. The molecule has 0 radical (unpaired) electrons. The molecule has 0 atom stereocenters. The molecule has 1 fully saturated rings. The van der Waals surface area contributed by atoms with E-state index < -0.39 is 6.61 Å². The number of hydrogen-bond acceptors (Lipinski definition) is 4. The van der Waals surface area contributed by atoms with Crippen molar-refractivity contribution in [3.05, 3.63) is 70.5 Å². The zero-order valence-electron chi connectivity index (χ0n) is 17.5. The van der Waals surface area contributed by atoms with Crippen molar-refractivity contribution in [1.29, 1.82) is 0 Å². The molecule has 166 valence electrons. The highest BCUT2D eigenvalue weighted by Crippen LogP contribution is 2.26. The van der Waals surface area contributed by atoms with Crippen LogP contribution in [0, 0.1) is 5.92 Å². The summed E-state index contributed by atoms with van der Waals surface area (Å²) in [4.78, 5) is 20.2. The van der Waals surface area contributed by atoms with Crippen LogP contribution in [-0.4, -0.2) is 27.7 Å². The van der Waals surface area contributed by atoms with Crippen LogP contribution in [0.15, 0.2) is 53.7 Å². The third kappa shape index (κ3) is 4.23. The zero-order chi connectivity index (χ0) is 22.1. The molecule has 8 heteroatoms. The van der Waals surface area contributed by atoms with Gasteiger partial charge < -0.3 is 19.6 Å². The number of alkyl halides is 2. The normalized spacial score (nSPS) is 14.3. The van der Waals surface area contributed by atoms with Gasteiger partial charge in [0.15, 0.2) is 5.75 Å². The molecule has 0 bridgehead atoms. The van der Waals surface area contributed by atoms with Crippen LogP contribution < -0.4 is 15.6 Å². The quantitative estimate of drug-likeness (QED) is 0.427. The lowest BCUT2D eigenvalue weighted by Crippen LogP contribution is -2.26. The predicted octanol–water partition coefficient (Wildman–Crippen LogP) is 4.42. The molecule has 0 aliphatic heterocycles. The van der Waals surface area contributed by atoms with E-state index in [0.29, 0.717) is 11.9 Å². The Morgan fingerprint density at radius 1 is 1.19 bits per heavy atom. The lowest BCUT2D eigenvalue weighted by molar-refractivity contribution is -0.0490. The van der Waals surface area contributed by atoms with Crippen molar-refractivity contribution in [2.45, 2.75) is 39.0 Å². The second kappa shape index (κ2) is 8.70. The van der Waals surface area contributed by atoms with Crippen LogP contribution in [0.5, 0.6) is 5.75 Å². The predicted molar refractivity (Wildman–Crippen MR) is 119 cm³/mol. The van der Waals surface area contributed by atoms with Gasteiger partial charge in [0.25, 0.3) is 5.56 Å². The van der Waals surface area contributed by atoms with Crippen LogP contribution >= 0.6 is 0 Å². The Morgan fingerprint density at radius 2 is 2.06 bits per heavy atom. The van der Waals surface area contributed by atoms with Crippen molar-refractivity contribution >= 4 is 21.7 Å². The lowest BCUT2D eigenvalue weighted by atomic mass is 9.85. The molecule has 3 aromatic heterocycles. The van der Waals surface area contributed by atoms with E-state index in [-0.39, 0.29) is 16.7 Å². The molecule has 1 aliphatic rings. The van der Waals surface area contributed by atoms with Crippen LogP contribution in [0.2, 0.25) is 0 Å². The lowest BCUT2D eigenvalue weighted by Gasteiger charge is -2.25. The minimum absolute atomic E-state index is 0.104. The Kier molecular flexibility index (Phi) is 5.61. The summed E-state index contributed by atoms with van der Waals surface area (Å²) in [5, 5.41) is 5.21. The van der Waals surface area contributed by atoms with Gasteiger partial charge in [-0.15, -0.1) is 0 Å². The molecule has 1 aromatic carbocycles. The first-order valence-electron chi connectivity index (χ1n) is 10.8. The molecule has 4 aromatic rings. The molecule has 5 rings (SSSR count).